The Bertz CT molecular complexity index is 1020. The van der Waals surface area contributed by atoms with Crippen molar-refractivity contribution < 1.29 is 19.1 Å². The number of para-hydroxylation sites is 2. The lowest BCUT2D eigenvalue weighted by Gasteiger charge is -2.26. The molecule has 2 N–H and O–H groups in total. The topological polar surface area (TPSA) is 91.0 Å². The lowest BCUT2D eigenvalue weighted by molar-refractivity contribution is -0.122. The molecule has 0 spiro atoms. The van der Waals surface area contributed by atoms with Crippen LogP contribution in [0.1, 0.15) is 22.3 Å². The summed E-state index contributed by atoms with van der Waals surface area (Å²) in [6, 6.07) is 14.6. The van der Waals surface area contributed by atoms with E-state index < -0.39 is 5.92 Å². The van der Waals surface area contributed by atoms with Crippen molar-refractivity contribution in [2.45, 2.75) is 13.3 Å². The molecule has 8 heteroatoms. The summed E-state index contributed by atoms with van der Waals surface area (Å²) in [7, 11) is 0. The zero-order chi connectivity index (χ0) is 23.2. The summed E-state index contributed by atoms with van der Waals surface area (Å²) in [5.74, 6) is -1.04. The lowest BCUT2D eigenvalue weighted by atomic mass is 10.1. The van der Waals surface area contributed by atoms with Gasteiger partial charge in [0, 0.05) is 44.8 Å². The van der Waals surface area contributed by atoms with Gasteiger partial charge in [-0.1, -0.05) is 30.3 Å². The number of morpholine rings is 1. The van der Waals surface area contributed by atoms with Crippen molar-refractivity contribution in [3.05, 3.63) is 59.7 Å². The molecule has 2 saturated heterocycles. The predicted molar refractivity (Wildman–Crippen MR) is 126 cm³/mol. The third-order valence-corrected chi connectivity index (χ3v) is 6.15. The number of carbonyl (C=O) groups excluding carboxylic acids is 3. The number of carbonyl (C=O) groups is 3. The molecule has 3 amide bonds. The van der Waals surface area contributed by atoms with E-state index in [1.807, 2.05) is 31.2 Å². The maximum absolute atomic E-state index is 13.0. The number of ether oxygens (including phenoxy) is 1. The maximum atomic E-state index is 13.0. The number of nitrogens with one attached hydrogen (secondary N) is 2. The number of benzene rings is 2. The number of anilines is 2. The monoisotopic (exact) mass is 450 g/mol. The van der Waals surface area contributed by atoms with Gasteiger partial charge >= 0.3 is 0 Å². The van der Waals surface area contributed by atoms with E-state index in [0.717, 1.165) is 30.9 Å². The van der Waals surface area contributed by atoms with Gasteiger partial charge in [-0.2, -0.15) is 0 Å². The molecular formula is C25H30N4O4. The minimum Gasteiger partial charge on any atom is -0.379 e. The van der Waals surface area contributed by atoms with Gasteiger partial charge in [0.05, 0.1) is 30.4 Å². The van der Waals surface area contributed by atoms with Crippen LogP contribution >= 0.6 is 0 Å². The Kier molecular flexibility index (Phi) is 7.36. The molecule has 2 aromatic carbocycles. The summed E-state index contributed by atoms with van der Waals surface area (Å²) in [6.45, 7) is 6.70. The number of hydrogen-bond acceptors (Lipinski definition) is 5. The standard InChI is InChI=1S/C25H30N4O4/c1-18-6-2-5-9-22(18)29-17-19(16-23(29)30)24(31)27-21-8-4-3-7-20(21)25(32)26-10-11-28-12-14-33-15-13-28/h2-9,19H,10-17H2,1H3,(H,26,32)(H,27,31)/t19-/m0/s1. The first-order valence-electron chi connectivity index (χ1n) is 11.4. The van der Waals surface area contributed by atoms with E-state index in [1.54, 1.807) is 29.2 Å². The second kappa shape index (κ2) is 10.6. The van der Waals surface area contributed by atoms with Crippen molar-refractivity contribution in [2.24, 2.45) is 5.92 Å². The van der Waals surface area contributed by atoms with Crippen molar-refractivity contribution in [3.8, 4) is 0 Å². The van der Waals surface area contributed by atoms with E-state index in [-0.39, 0.29) is 24.1 Å². The molecular weight excluding hydrogens is 420 g/mol. The molecule has 2 aliphatic heterocycles. The first kappa shape index (κ1) is 22.9. The van der Waals surface area contributed by atoms with E-state index in [2.05, 4.69) is 15.5 Å². The molecule has 2 aromatic rings. The van der Waals surface area contributed by atoms with Crippen LogP contribution in [-0.4, -0.2) is 68.6 Å². The normalized spacial score (nSPS) is 18.9. The number of aryl methyl sites for hydroxylation is 1. The van der Waals surface area contributed by atoms with E-state index in [0.29, 0.717) is 37.6 Å². The first-order valence-corrected chi connectivity index (χ1v) is 11.4. The Hall–Kier alpha value is -3.23. The number of nitrogens with zero attached hydrogens (tertiary/aromatic N) is 2. The highest BCUT2D eigenvalue weighted by molar-refractivity contribution is 6.07. The van der Waals surface area contributed by atoms with Crippen molar-refractivity contribution in [2.75, 3.05) is 56.2 Å². The average molecular weight is 451 g/mol. The SMILES string of the molecule is Cc1ccccc1N1C[C@@H](C(=O)Nc2ccccc2C(=O)NCCN2CCOCC2)CC1=O. The van der Waals surface area contributed by atoms with Gasteiger partial charge in [0.25, 0.3) is 5.91 Å². The summed E-state index contributed by atoms with van der Waals surface area (Å²) >= 11 is 0. The van der Waals surface area contributed by atoms with Crippen LogP contribution < -0.4 is 15.5 Å². The second-order valence-corrected chi connectivity index (χ2v) is 8.44. The Morgan fingerprint density at radius 3 is 2.58 bits per heavy atom. The largest absolute Gasteiger partial charge is 0.379 e. The van der Waals surface area contributed by atoms with Crippen LogP contribution in [0, 0.1) is 12.8 Å². The molecule has 1 atom stereocenters. The molecule has 4 rings (SSSR count). The lowest BCUT2D eigenvalue weighted by Crippen LogP contribution is -2.41. The van der Waals surface area contributed by atoms with Gasteiger partial charge < -0.3 is 20.3 Å². The fraction of sp³-hybridized carbons (Fsp3) is 0.400. The highest BCUT2D eigenvalue weighted by Gasteiger charge is 2.36. The van der Waals surface area contributed by atoms with Crippen LogP contribution in [0.5, 0.6) is 0 Å². The van der Waals surface area contributed by atoms with Gasteiger partial charge in [0.15, 0.2) is 0 Å². The zero-order valence-corrected chi connectivity index (χ0v) is 18.9. The number of rotatable bonds is 7. The smallest absolute Gasteiger partial charge is 0.253 e. The molecule has 0 radical (unpaired) electrons. The van der Waals surface area contributed by atoms with Crippen LogP contribution in [0.15, 0.2) is 48.5 Å². The Balaban J connectivity index is 1.36. The maximum Gasteiger partial charge on any atom is 0.253 e. The highest BCUT2D eigenvalue weighted by atomic mass is 16.5. The van der Waals surface area contributed by atoms with Crippen molar-refractivity contribution >= 4 is 29.1 Å². The quantitative estimate of drug-likeness (QED) is 0.674. The van der Waals surface area contributed by atoms with Crippen LogP contribution in [0.25, 0.3) is 0 Å². The van der Waals surface area contributed by atoms with Crippen molar-refractivity contribution in [1.82, 2.24) is 10.2 Å². The van der Waals surface area contributed by atoms with Gasteiger partial charge in [-0.25, -0.2) is 0 Å². The fourth-order valence-electron chi connectivity index (χ4n) is 4.25. The van der Waals surface area contributed by atoms with E-state index in [9.17, 15) is 14.4 Å². The fourth-order valence-corrected chi connectivity index (χ4v) is 4.25. The Morgan fingerprint density at radius 1 is 1.06 bits per heavy atom. The molecule has 174 valence electrons. The number of hydrogen-bond donors (Lipinski definition) is 2. The van der Waals surface area contributed by atoms with E-state index in [4.69, 9.17) is 4.74 Å². The zero-order valence-electron chi connectivity index (χ0n) is 18.9. The molecule has 2 fully saturated rings. The van der Waals surface area contributed by atoms with Gasteiger partial charge in [-0.3, -0.25) is 19.3 Å². The summed E-state index contributed by atoms with van der Waals surface area (Å²) < 4.78 is 5.34. The predicted octanol–water partition coefficient (Wildman–Crippen LogP) is 2.05. The molecule has 0 saturated carbocycles. The van der Waals surface area contributed by atoms with Gasteiger partial charge in [0.1, 0.15) is 0 Å². The third-order valence-electron chi connectivity index (χ3n) is 6.15. The Labute approximate surface area is 193 Å². The Morgan fingerprint density at radius 2 is 1.79 bits per heavy atom. The minimum atomic E-state index is -0.477. The van der Waals surface area contributed by atoms with Gasteiger partial charge in [-0.05, 0) is 30.7 Å². The molecule has 33 heavy (non-hydrogen) atoms. The molecule has 8 nitrogen and oxygen atoms in total. The van der Waals surface area contributed by atoms with E-state index >= 15 is 0 Å². The molecule has 2 aliphatic rings. The summed E-state index contributed by atoms with van der Waals surface area (Å²) in [6.07, 6.45) is 0.147. The van der Waals surface area contributed by atoms with Crippen LogP contribution in [0.3, 0.4) is 0 Å². The second-order valence-electron chi connectivity index (χ2n) is 8.44. The third kappa shape index (κ3) is 5.58. The summed E-state index contributed by atoms with van der Waals surface area (Å²) in [5, 5.41) is 5.81. The first-order chi connectivity index (χ1) is 16.0. The van der Waals surface area contributed by atoms with Crippen molar-refractivity contribution in [1.29, 1.82) is 0 Å². The van der Waals surface area contributed by atoms with Crippen LogP contribution in [0.2, 0.25) is 0 Å². The minimum absolute atomic E-state index is 0.0707. The van der Waals surface area contributed by atoms with Crippen LogP contribution in [-0.2, 0) is 14.3 Å². The highest BCUT2D eigenvalue weighted by Crippen LogP contribution is 2.28. The summed E-state index contributed by atoms with van der Waals surface area (Å²) in [5.41, 5.74) is 2.69. The number of amides is 3. The van der Waals surface area contributed by atoms with Crippen LogP contribution in [0.4, 0.5) is 11.4 Å². The molecule has 0 unspecified atom stereocenters. The van der Waals surface area contributed by atoms with Gasteiger partial charge in [0.2, 0.25) is 11.8 Å². The van der Waals surface area contributed by atoms with Crippen molar-refractivity contribution in [3.63, 3.8) is 0 Å². The summed E-state index contributed by atoms with van der Waals surface area (Å²) in [4.78, 5) is 42.2. The molecule has 0 aliphatic carbocycles. The molecule has 2 heterocycles. The molecule has 0 aromatic heterocycles. The van der Waals surface area contributed by atoms with E-state index in [1.165, 1.54) is 0 Å². The van der Waals surface area contributed by atoms with Gasteiger partial charge in [-0.15, -0.1) is 0 Å². The molecule has 0 bridgehead atoms. The average Bonchev–Trinajstić information content (AvgIpc) is 3.22.